The summed E-state index contributed by atoms with van der Waals surface area (Å²) in [7, 11) is 0. The van der Waals surface area contributed by atoms with Gasteiger partial charge in [0.25, 0.3) is 0 Å². The summed E-state index contributed by atoms with van der Waals surface area (Å²) in [6, 6.07) is 0. The second-order valence-electron chi connectivity index (χ2n) is 3.47. The molecule has 0 aromatic carbocycles. The summed E-state index contributed by atoms with van der Waals surface area (Å²) in [5.41, 5.74) is 0. The molecule has 0 N–H and O–H groups in total. The summed E-state index contributed by atoms with van der Waals surface area (Å²) in [6.07, 6.45) is 0. The number of hydrogen-bond acceptors (Lipinski definition) is 7. The van der Waals surface area contributed by atoms with Crippen LogP contribution in [0.25, 0.3) is 0 Å². The average Bonchev–Trinajstić information content (AvgIpc) is 2.40. The molecule has 0 amide bonds. The van der Waals surface area contributed by atoms with E-state index in [0.29, 0.717) is 56.9 Å². The van der Waals surface area contributed by atoms with E-state index in [1.54, 1.807) is 0 Å². The summed E-state index contributed by atoms with van der Waals surface area (Å²) in [6.45, 7) is 4.68. The molecule has 0 unspecified atom stereocenters. The van der Waals surface area contributed by atoms with Crippen molar-refractivity contribution in [2.75, 3.05) is 56.9 Å². The highest BCUT2D eigenvalue weighted by molar-refractivity contribution is 7.80. The van der Waals surface area contributed by atoms with Crippen molar-refractivity contribution in [2.45, 2.75) is 12.7 Å². The normalized spacial score (nSPS) is 12.0. The third-order valence-corrected chi connectivity index (χ3v) is 2.54. The fourth-order valence-corrected chi connectivity index (χ4v) is 1.57. The van der Waals surface area contributed by atoms with E-state index in [4.69, 9.17) is 18.9 Å². The third-order valence-electron chi connectivity index (χ3n) is 2.00. The van der Waals surface area contributed by atoms with Gasteiger partial charge in [0, 0.05) is 23.9 Å². The van der Waals surface area contributed by atoms with Gasteiger partial charge in [-0.3, -0.25) is 0 Å². The van der Waals surface area contributed by atoms with E-state index in [1.807, 2.05) is 6.92 Å². The standard InChI is InChI=1S/C11H24O4S3/c1-2-12-9-11(14-4-7-17,15-5-8-18)10-13-3-6-16/h16-18H,2-10H2,1H3. The van der Waals surface area contributed by atoms with Crippen molar-refractivity contribution in [1.29, 1.82) is 0 Å². The lowest BCUT2D eigenvalue weighted by atomic mass is 10.3. The number of thiol groups is 3. The molecule has 0 saturated carbocycles. The van der Waals surface area contributed by atoms with Gasteiger partial charge >= 0.3 is 0 Å². The third kappa shape index (κ3) is 8.90. The van der Waals surface area contributed by atoms with Crippen molar-refractivity contribution in [1.82, 2.24) is 0 Å². The molecule has 0 bridgehead atoms. The van der Waals surface area contributed by atoms with Crippen molar-refractivity contribution < 1.29 is 18.9 Å². The second-order valence-corrected chi connectivity index (χ2v) is 4.81. The topological polar surface area (TPSA) is 36.9 Å². The molecule has 0 aliphatic heterocycles. The Morgan fingerprint density at radius 3 is 1.72 bits per heavy atom. The molecular formula is C11H24O4S3. The predicted octanol–water partition coefficient (Wildman–Crippen LogP) is 1.56. The van der Waals surface area contributed by atoms with Crippen molar-refractivity contribution in [3.8, 4) is 0 Å². The number of hydrogen-bond donors (Lipinski definition) is 3. The van der Waals surface area contributed by atoms with Gasteiger partial charge in [-0.15, -0.1) is 0 Å². The largest absolute Gasteiger partial charge is 0.376 e. The SMILES string of the molecule is CCOCC(COCCS)(OCCS)OCCS. The first-order valence-electron chi connectivity index (χ1n) is 6.00. The van der Waals surface area contributed by atoms with Gasteiger partial charge in [0.05, 0.1) is 19.8 Å². The van der Waals surface area contributed by atoms with Gasteiger partial charge in [-0.1, -0.05) is 0 Å². The summed E-state index contributed by atoms with van der Waals surface area (Å²) in [4.78, 5) is 0. The quantitative estimate of drug-likeness (QED) is 0.274. The summed E-state index contributed by atoms with van der Waals surface area (Å²) >= 11 is 12.4. The van der Waals surface area contributed by atoms with E-state index in [-0.39, 0.29) is 0 Å². The maximum Gasteiger partial charge on any atom is 0.216 e. The van der Waals surface area contributed by atoms with Crippen molar-refractivity contribution >= 4 is 37.9 Å². The molecule has 0 saturated heterocycles. The molecule has 0 rings (SSSR count). The minimum Gasteiger partial charge on any atom is -0.376 e. The van der Waals surface area contributed by atoms with E-state index in [0.717, 1.165) is 0 Å². The molecule has 0 spiro atoms. The average molecular weight is 317 g/mol. The summed E-state index contributed by atoms with van der Waals surface area (Å²) in [5, 5.41) is 0. The Balaban J connectivity index is 4.41. The summed E-state index contributed by atoms with van der Waals surface area (Å²) in [5.74, 6) is 1.02. The van der Waals surface area contributed by atoms with Crippen LogP contribution in [0.3, 0.4) is 0 Å². The molecule has 0 aromatic heterocycles. The lowest BCUT2D eigenvalue weighted by Gasteiger charge is -2.33. The second kappa shape index (κ2) is 12.9. The Kier molecular flexibility index (Phi) is 13.5. The Bertz CT molecular complexity index is 162. The van der Waals surface area contributed by atoms with Gasteiger partial charge in [0.2, 0.25) is 5.79 Å². The molecule has 0 fully saturated rings. The van der Waals surface area contributed by atoms with E-state index in [2.05, 4.69) is 37.9 Å². The Hall–Kier alpha value is 0.890. The Morgan fingerprint density at radius 1 is 0.778 bits per heavy atom. The molecule has 0 aliphatic rings. The lowest BCUT2D eigenvalue weighted by molar-refractivity contribution is -0.277. The van der Waals surface area contributed by atoms with Crippen LogP contribution < -0.4 is 0 Å². The molecule has 4 nitrogen and oxygen atoms in total. The lowest BCUT2D eigenvalue weighted by Crippen LogP contribution is -2.46. The van der Waals surface area contributed by atoms with Crippen LogP contribution in [0.4, 0.5) is 0 Å². The van der Waals surface area contributed by atoms with Crippen LogP contribution >= 0.6 is 37.9 Å². The maximum absolute atomic E-state index is 5.72. The fourth-order valence-electron chi connectivity index (χ4n) is 1.26. The van der Waals surface area contributed by atoms with Crippen molar-refractivity contribution in [2.24, 2.45) is 0 Å². The van der Waals surface area contributed by atoms with E-state index in [9.17, 15) is 0 Å². The van der Waals surface area contributed by atoms with Gasteiger partial charge in [-0.05, 0) is 6.92 Å². The van der Waals surface area contributed by atoms with Gasteiger partial charge in [0.1, 0.15) is 13.2 Å². The Morgan fingerprint density at radius 2 is 1.28 bits per heavy atom. The van der Waals surface area contributed by atoms with E-state index < -0.39 is 5.79 Å². The van der Waals surface area contributed by atoms with Crippen LogP contribution in [0.1, 0.15) is 6.92 Å². The predicted molar refractivity (Wildman–Crippen MR) is 83.5 cm³/mol. The van der Waals surface area contributed by atoms with Crippen LogP contribution in [-0.2, 0) is 18.9 Å². The first-order chi connectivity index (χ1) is 8.74. The van der Waals surface area contributed by atoms with Gasteiger partial charge < -0.3 is 18.9 Å². The fraction of sp³-hybridized carbons (Fsp3) is 1.00. The van der Waals surface area contributed by atoms with Crippen molar-refractivity contribution in [3.63, 3.8) is 0 Å². The molecule has 18 heavy (non-hydrogen) atoms. The van der Waals surface area contributed by atoms with Gasteiger partial charge in [0.15, 0.2) is 0 Å². The van der Waals surface area contributed by atoms with Crippen LogP contribution in [-0.4, -0.2) is 62.7 Å². The van der Waals surface area contributed by atoms with Crippen LogP contribution in [0, 0.1) is 0 Å². The van der Waals surface area contributed by atoms with E-state index >= 15 is 0 Å². The molecule has 0 heterocycles. The molecule has 7 heteroatoms. The zero-order chi connectivity index (χ0) is 13.7. The molecular weight excluding hydrogens is 292 g/mol. The highest BCUT2D eigenvalue weighted by Gasteiger charge is 2.33. The van der Waals surface area contributed by atoms with Crippen molar-refractivity contribution in [3.05, 3.63) is 0 Å². The van der Waals surface area contributed by atoms with Gasteiger partial charge in [-0.25, -0.2) is 0 Å². The number of ether oxygens (including phenoxy) is 4. The smallest absolute Gasteiger partial charge is 0.216 e. The van der Waals surface area contributed by atoms with Crippen LogP contribution in [0.5, 0.6) is 0 Å². The summed E-state index contributed by atoms with van der Waals surface area (Å²) < 4.78 is 22.4. The first-order valence-corrected chi connectivity index (χ1v) is 7.90. The highest BCUT2D eigenvalue weighted by Crippen LogP contribution is 2.16. The first kappa shape index (κ1) is 18.9. The maximum atomic E-state index is 5.72. The number of rotatable bonds is 13. The molecule has 0 aliphatic carbocycles. The van der Waals surface area contributed by atoms with E-state index in [1.165, 1.54) is 0 Å². The minimum atomic E-state index is -0.871. The highest BCUT2D eigenvalue weighted by atomic mass is 32.1. The molecule has 110 valence electrons. The molecule has 0 aromatic rings. The van der Waals surface area contributed by atoms with Crippen LogP contribution in [0.15, 0.2) is 0 Å². The van der Waals surface area contributed by atoms with Crippen LogP contribution in [0.2, 0.25) is 0 Å². The molecule has 0 radical (unpaired) electrons. The monoisotopic (exact) mass is 316 g/mol. The zero-order valence-corrected chi connectivity index (χ0v) is 13.5. The minimum absolute atomic E-state index is 0.315. The van der Waals surface area contributed by atoms with Gasteiger partial charge in [-0.2, -0.15) is 37.9 Å². The Labute approximate surface area is 126 Å². The zero-order valence-electron chi connectivity index (χ0n) is 10.8. The molecule has 0 atom stereocenters.